The number of halogens is 1. The Balaban J connectivity index is 1.42. The second kappa shape index (κ2) is 9.00. The summed E-state index contributed by atoms with van der Waals surface area (Å²) in [6.45, 7) is 0. The fourth-order valence-corrected chi connectivity index (χ4v) is 5.34. The molecule has 3 aromatic heterocycles. The molecule has 0 atom stereocenters. The van der Waals surface area contributed by atoms with Crippen molar-refractivity contribution in [2.75, 3.05) is 5.75 Å². The Morgan fingerprint density at radius 2 is 1.94 bits per heavy atom. The Bertz CT molecular complexity index is 1310. The van der Waals surface area contributed by atoms with Gasteiger partial charge in [0.1, 0.15) is 10.6 Å². The summed E-state index contributed by atoms with van der Waals surface area (Å²) in [4.78, 5) is 43.1. The molecule has 0 radical (unpaired) electrons. The number of benzene rings is 1. The van der Waals surface area contributed by atoms with Crippen LogP contribution in [0.5, 0.6) is 0 Å². The van der Waals surface area contributed by atoms with E-state index in [4.69, 9.17) is 0 Å². The average molecular weight is 475 g/mol. The predicted molar refractivity (Wildman–Crippen MR) is 121 cm³/mol. The number of thiophene rings is 2. The van der Waals surface area contributed by atoms with Gasteiger partial charge in [0, 0.05) is 28.4 Å². The van der Waals surface area contributed by atoms with Crippen LogP contribution in [0.2, 0.25) is 0 Å². The smallest absolute Gasteiger partial charge is 0.269 e. The summed E-state index contributed by atoms with van der Waals surface area (Å²) in [5.41, 5.74) is 5.46. The van der Waals surface area contributed by atoms with Gasteiger partial charge in [-0.3, -0.25) is 29.8 Å². The highest BCUT2D eigenvalue weighted by Gasteiger charge is 2.17. The zero-order valence-electron chi connectivity index (χ0n) is 16.0. The maximum absolute atomic E-state index is 12.9. The maximum atomic E-state index is 12.9. The standard InChI is InChI=1S/C20H15FN4O3S3/c1-25-19(28)16-13(14-3-2-8-29-14)9-30-18(16)22-20(25)31-10-15(26)23-24-17(27)11-4-6-12(21)7-5-11/h2-9H,10H2,1H3,(H,23,26)(H,24,27). The monoisotopic (exact) mass is 474 g/mol. The van der Waals surface area contributed by atoms with Gasteiger partial charge < -0.3 is 0 Å². The van der Waals surface area contributed by atoms with Crippen LogP contribution in [0.4, 0.5) is 4.39 Å². The van der Waals surface area contributed by atoms with Gasteiger partial charge in [-0.05, 0) is 35.7 Å². The van der Waals surface area contributed by atoms with E-state index in [2.05, 4.69) is 15.8 Å². The summed E-state index contributed by atoms with van der Waals surface area (Å²) in [5, 5.41) is 4.83. The van der Waals surface area contributed by atoms with Gasteiger partial charge in [-0.25, -0.2) is 9.37 Å². The van der Waals surface area contributed by atoms with Crippen molar-refractivity contribution in [3.8, 4) is 10.4 Å². The minimum atomic E-state index is -0.565. The first-order valence-electron chi connectivity index (χ1n) is 8.93. The van der Waals surface area contributed by atoms with Crippen molar-refractivity contribution in [2.45, 2.75) is 5.16 Å². The second-order valence-corrected chi connectivity index (χ2v) is 9.11. The maximum Gasteiger partial charge on any atom is 0.269 e. The Morgan fingerprint density at radius 3 is 2.65 bits per heavy atom. The summed E-state index contributed by atoms with van der Waals surface area (Å²) in [7, 11) is 1.61. The van der Waals surface area contributed by atoms with E-state index in [0.717, 1.165) is 34.3 Å². The van der Waals surface area contributed by atoms with Crippen LogP contribution >= 0.6 is 34.4 Å². The lowest BCUT2D eigenvalue weighted by Gasteiger charge is -2.09. The molecule has 0 saturated heterocycles. The molecule has 0 aliphatic rings. The third-order valence-electron chi connectivity index (χ3n) is 4.32. The van der Waals surface area contributed by atoms with Crippen molar-refractivity contribution < 1.29 is 14.0 Å². The highest BCUT2D eigenvalue weighted by Crippen LogP contribution is 2.34. The zero-order chi connectivity index (χ0) is 22.0. The normalized spacial score (nSPS) is 10.9. The number of aromatic nitrogens is 2. The molecule has 0 aliphatic carbocycles. The lowest BCUT2D eigenvalue weighted by molar-refractivity contribution is -0.119. The molecule has 2 N–H and O–H groups in total. The molecular formula is C20H15FN4O3S3. The number of hydrazine groups is 1. The first-order chi connectivity index (χ1) is 14.9. The van der Waals surface area contributed by atoms with Crippen LogP contribution in [0.25, 0.3) is 20.7 Å². The number of amides is 2. The number of thioether (sulfide) groups is 1. The topological polar surface area (TPSA) is 93.1 Å². The molecule has 7 nitrogen and oxygen atoms in total. The quantitative estimate of drug-likeness (QED) is 0.263. The molecule has 1 aromatic carbocycles. The summed E-state index contributed by atoms with van der Waals surface area (Å²) in [5.74, 6) is -1.55. The first kappa shape index (κ1) is 21.2. The molecule has 0 fully saturated rings. The van der Waals surface area contributed by atoms with Crippen molar-refractivity contribution in [1.82, 2.24) is 20.4 Å². The van der Waals surface area contributed by atoms with Gasteiger partial charge in [-0.1, -0.05) is 17.8 Å². The van der Waals surface area contributed by atoms with Crippen molar-refractivity contribution in [3.05, 3.63) is 68.9 Å². The molecule has 31 heavy (non-hydrogen) atoms. The summed E-state index contributed by atoms with van der Waals surface area (Å²) in [6.07, 6.45) is 0. The largest absolute Gasteiger partial charge is 0.290 e. The Kier molecular flexibility index (Phi) is 6.16. The Morgan fingerprint density at radius 1 is 1.16 bits per heavy atom. The van der Waals surface area contributed by atoms with Gasteiger partial charge in [-0.15, -0.1) is 22.7 Å². The molecule has 0 unspecified atom stereocenters. The molecule has 3 heterocycles. The highest BCUT2D eigenvalue weighted by atomic mass is 32.2. The van der Waals surface area contributed by atoms with E-state index in [1.165, 1.54) is 28.0 Å². The molecular weight excluding hydrogens is 459 g/mol. The van der Waals surface area contributed by atoms with Crippen LogP contribution in [0.3, 0.4) is 0 Å². The number of hydrogen-bond donors (Lipinski definition) is 2. The van der Waals surface area contributed by atoms with E-state index < -0.39 is 17.6 Å². The number of fused-ring (bicyclic) bond motifs is 1. The third kappa shape index (κ3) is 4.53. The minimum absolute atomic E-state index is 0.0569. The molecule has 158 valence electrons. The lowest BCUT2D eigenvalue weighted by atomic mass is 10.2. The molecule has 0 bridgehead atoms. The first-order valence-corrected chi connectivity index (χ1v) is 11.7. The molecule has 4 rings (SSSR count). The predicted octanol–water partition coefficient (Wildman–Crippen LogP) is 3.42. The van der Waals surface area contributed by atoms with Crippen LogP contribution in [-0.2, 0) is 11.8 Å². The van der Waals surface area contributed by atoms with Gasteiger partial charge >= 0.3 is 0 Å². The minimum Gasteiger partial charge on any atom is -0.290 e. The third-order valence-corrected chi connectivity index (χ3v) is 7.12. The number of carbonyl (C=O) groups is 2. The van der Waals surface area contributed by atoms with Crippen molar-refractivity contribution >= 4 is 56.5 Å². The number of nitrogens with one attached hydrogen (secondary N) is 2. The molecule has 11 heteroatoms. The van der Waals surface area contributed by atoms with Crippen LogP contribution in [0, 0.1) is 5.82 Å². The van der Waals surface area contributed by atoms with Crippen LogP contribution < -0.4 is 16.4 Å². The van der Waals surface area contributed by atoms with Crippen LogP contribution in [0.1, 0.15) is 10.4 Å². The van der Waals surface area contributed by atoms with Crippen LogP contribution in [0.15, 0.2) is 57.1 Å². The average Bonchev–Trinajstić information content (AvgIpc) is 3.43. The van der Waals surface area contributed by atoms with Gasteiger partial charge in [0.2, 0.25) is 5.91 Å². The fraction of sp³-hybridized carbons (Fsp3) is 0.100. The summed E-state index contributed by atoms with van der Waals surface area (Å²) in [6, 6.07) is 8.82. The van der Waals surface area contributed by atoms with Gasteiger partial charge in [0.05, 0.1) is 11.1 Å². The SMILES string of the molecule is Cn1c(SCC(=O)NNC(=O)c2ccc(F)cc2)nc2scc(-c3cccs3)c2c1=O. The van der Waals surface area contributed by atoms with E-state index in [-0.39, 0.29) is 16.9 Å². The van der Waals surface area contributed by atoms with E-state index in [1.807, 2.05) is 22.9 Å². The zero-order valence-corrected chi connectivity index (χ0v) is 18.5. The Labute approximate surface area is 187 Å². The molecule has 0 spiro atoms. The van der Waals surface area contributed by atoms with Crippen molar-refractivity contribution in [3.63, 3.8) is 0 Å². The lowest BCUT2D eigenvalue weighted by Crippen LogP contribution is -2.42. The number of carbonyl (C=O) groups excluding carboxylic acids is 2. The van der Waals surface area contributed by atoms with Gasteiger partial charge in [0.15, 0.2) is 5.16 Å². The van der Waals surface area contributed by atoms with E-state index in [1.54, 1.807) is 18.4 Å². The van der Waals surface area contributed by atoms with Crippen molar-refractivity contribution in [1.29, 1.82) is 0 Å². The van der Waals surface area contributed by atoms with Gasteiger partial charge in [-0.2, -0.15) is 0 Å². The fourth-order valence-electron chi connectivity index (χ4n) is 2.76. The number of hydrogen-bond acceptors (Lipinski definition) is 7. The number of nitrogens with zero attached hydrogens (tertiary/aromatic N) is 2. The Hall–Kier alpha value is -3.02. The molecule has 0 saturated carbocycles. The van der Waals surface area contributed by atoms with Crippen LogP contribution in [-0.4, -0.2) is 27.1 Å². The summed E-state index contributed by atoms with van der Waals surface area (Å²) < 4.78 is 14.3. The van der Waals surface area contributed by atoms with E-state index >= 15 is 0 Å². The molecule has 4 aromatic rings. The molecule has 0 aliphatic heterocycles. The second-order valence-electron chi connectivity index (χ2n) is 6.36. The van der Waals surface area contributed by atoms with E-state index in [0.29, 0.717) is 15.4 Å². The van der Waals surface area contributed by atoms with Gasteiger partial charge in [0.25, 0.3) is 11.5 Å². The highest BCUT2D eigenvalue weighted by molar-refractivity contribution is 7.99. The van der Waals surface area contributed by atoms with Crippen molar-refractivity contribution in [2.24, 2.45) is 7.05 Å². The molecule has 2 amide bonds. The number of rotatable bonds is 5. The summed E-state index contributed by atoms with van der Waals surface area (Å²) >= 11 is 4.02. The van der Waals surface area contributed by atoms with E-state index in [9.17, 15) is 18.8 Å².